The van der Waals surface area contributed by atoms with Crippen LogP contribution in [0.3, 0.4) is 0 Å². The van der Waals surface area contributed by atoms with Gasteiger partial charge in [0.2, 0.25) is 5.91 Å². The summed E-state index contributed by atoms with van der Waals surface area (Å²) in [5, 5.41) is 8.18. The van der Waals surface area contributed by atoms with Crippen LogP contribution < -0.4 is 5.32 Å². The van der Waals surface area contributed by atoms with Gasteiger partial charge in [-0.1, -0.05) is 11.6 Å². The van der Waals surface area contributed by atoms with Gasteiger partial charge in [-0.05, 0) is 52.6 Å². The Kier molecular flexibility index (Phi) is 5.65. The molecule has 5 nitrogen and oxygen atoms in total. The lowest BCUT2D eigenvalue weighted by molar-refractivity contribution is -0.133. The van der Waals surface area contributed by atoms with Crippen LogP contribution in [0.25, 0.3) is 0 Å². The first-order valence-electron chi connectivity index (χ1n) is 7.64. The summed E-state index contributed by atoms with van der Waals surface area (Å²) in [6.45, 7) is 6.84. The van der Waals surface area contributed by atoms with Crippen molar-refractivity contribution in [3.05, 3.63) is 16.4 Å². The molecule has 1 aliphatic rings. The number of carbonyl (C=O) groups excluding carboxylic acids is 1. The summed E-state index contributed by atoms with van der Waals surface area (Å²) in [4.78, 5) is 14.3. The zero-order chi connectivity index (χ0) is 15.4. The Morgan fingerprint density at radius 2 is 2.05 bits per heavy atom. The predicted octanol–water partition coefficient (Wildman–Crippen LogP) is 2.00. The predicted molar refractivity (Wildman–Crippen MR) is 84.6 cm³/mol. The summed E-state index contributed by atoms with van der Waals surface area (Å²) in [5.74, 6) is 0.883. The Morgan fingerprint density at radius 3 is 2.57 bits per heavy atom. The van der Waals surface area contributed by atoms with Gasteiger partial charge < -0.3 is 10.2 Å². The van der Waals surface area contributed by atoms with Crippen LogP contribution in [-0.2, 0) is 11.3 Å². The van der Waals surface area contributed by atoms with E-state index in [0.29, 0.717) is 11.6 Å². The highest BCUT2D eigenvalue weighted by molar-refractivity contribution is 6.31. The monoisotopic (exact) mass is 312 g/mol. The number of halogens is 1. The first-order chi connectivity index (χ1) is 10.0. The molecule has 0 bridgehead atoms. The van der Waals surface area contributed by atoms with Crippen LogP contribution in [-0.4, -0.2) is 47.3 Å². The van der Waals surface area contributed by atoms with E-state index in [1.54, 1.807) is 4.68 Å². The summed E-state index contributed by atoms with van der Waals surface area (Å²) in [6, 6.07) is 0. The number of hydrogen-bond donors (Lipinski definition) is 1. The van der Waals surface area contributed by atoms with Gasteiger partial charge in [0.15, 0.2) is 0 Å². The maximum absolute atomic E-state index is 12.4. The highest BCUT2D eigenvalue weighted by Crippen LogP contribution is 2.22. The SMILES string of the molecule is CNCCC1CCN(C(=O)Cn2nc(C)c(Cl)c2C)CC1. The molecular formula is C15H25ClN4O. The highest BCUT2D eigenvalue weighted by Gasteiger charge is 2.23. The number of carbonyl (C=O) groups is 1. The van der Waals surface area contributed by atoms with Gasteiger partial charge in [-0.15, -0.1) is 0 Å². The Morgan fingerprint density at radius 1 is 1.38 bits per heavy atom. The fourth-order valence-corrected chi connectivity index (χ4v) is 3.01. The van der Waals surface area contributed by atoms with Gasteiger partial charge in [0.1, 0.15) is 6.54 Å². The third-order valence-corrected chi connectivity index (χ3v) is 4.90. The minimum absolute atomic E-state index is 0.143. The van der Waals surface area contributed by atoms with Crippen molar-refractivity contribution in [2.45, 2.75) is 39.7 Å². The number of hydrogen-bond acceptors (Lipinski definition) is 3. The molecule has 0 aromatic carbocycles. The van der Waals surface area contributed by atoms with Gasteiger partial charge in [0, 0.05) is 13.1 Å². The standard InChI is InChI=1S/C15H25ClN4O/c1-11-15(16)12(2)20(18-11)10-14(21)19-8-5-13(6-9-19)4-7-17-3/h13,17H,4-10H2,1-3H3. The van der Waals surface area contributed by atoms with Crippen molar-refractivity contribution >= 4 is 17.5 Å². The molecule has 21 heavy (non-hydrogen) atoms. The van der Waals surface area contributed by atoms with E-state index in [1.165, 1.54) is 6.42 Å². The molecule has 0 spiro atoms. The minimum Gasteiger partial charge on any atom is -0.341 e. The fraction of sp³-hybridized carbons (Fsp3) is 0.733. The van der Waals surface area contributed by atoms with Gasteiger partial charge in [-0.3, -0.25) is 9.48 Å². The quantitative estimate of drug-likeness (QED) is 0.905. The van der Waals surface area contributed by atoms with Gasteiger partial charge in [-0.25, -0.2) is 0 Å². The van der Waals surface area contributed by atoms with Crippen molar-refractivity contribution in [2.24, 2.45) is 5.92 Å². The van der Waals surface area contributed by atoms with Crippen LogP contribution >= 0.6 is 11.6 Å². The van der Waals surface area contributed by atoms with Crippen molar-refractivity contribution in [1.29, 1.82) is 0 Å². The molecule has 1 fully saturated rings. The van der Waals surface area contributed by atoms with Crippen LogP contribution in [0.1, 0.15) is 30.7 Å². The molecule has 0 atom stereocenters. The Labute approximate surface area is 131 Å². The highest BCUT2D eigenvalue weighted by atomic mass is 35.5. The molecule has 1 amide bonds. The molecule has 0 aliphatic carbocycles. The lowest BCUT2D eigenvalue weighted by Gasteiger charge is -2.32. The zero-order valence-corrected chi connectivity index (χ0v) is 13.9. The maximum atomic E-state index is 12.4. The Hall–Kier alpha value is -1.07. The average Bonchev–Trinajstić information content (AvgIpc) is 2.73. The van der Waals surface area contributed by atoms with Gasteiger partial charge in [0.05, 0.1) is 16.4 Å². The maximum Gasteiger partial charge on any atom is 0.244 e. The number of aryl methyl sites for hydroxylation is 1. The average molecular weight is 313 g/mol. The third-order valence-electron chi connectivity index (χ3n) is 4.35. The van der Waals surface area contributed by atoms with Crippen molar-refractivity contribution < 1.29 is 4.79 Å². The molecule has 2 heterocycles. The van der Waals surface area contributed by atoms with Crippen LogP contribution in [0, 0.1) is 19.8 Å². The molecule has 1 saturated heterocycles. The van der Waals surface area contributed by atoms with Gasteiger partial charge >= 0.3 is 0 Å². The summed E-state index contributed by atoms with van der Waals surface area (Å²) >= 11 is 6.12. The van der Waals surface area contributed by atoms with Crippen LogP contribution in [0.2, 0.25) is 5.02 Å². The molecule has 1 aromatic rings. The van der Waals surface area contributed by atoms with Crippen molar-refractivity contribution in [2.75, 3.05) is 26.7 Å². The van der Waals surface area contributed by atoms with Gasteiger partial charge in [-0.2, -0.15) is 5.10 Å². The van der Waals surface area contributed by atoms with Crippen LogP contribution in [0.15, 0.2) is 0 Å². The zero-order valence-electron chi connectivity index (χ0n) is 13.2. The lowest BCUT2D eigenvalue weighted by Crippen LogP contribution is -2.40. The van der Waals surface area contributed by atoms with Gasteiger partial charge in [0.25, 0.3) is 0 Å². The number of nitrogens with zero attached hydrogens (tertiary/aromatic N) is 3. The first-order valence-corrected chi connectivity index (χ1v) is 8.02. The molecule has 0 saturated carbocycles. The van der Waals surface area contributed by atoms with Crippen molar-refractivity contribution in [1.82, 2.24) is 20.0 Å². The number of likely N-dealkylation sites (tertiary alicyclic amines) is 1. The first kappa shape index (κ1) is 16.3. The number of nitrogens with one attached hydrogen (secondary N) is 1. The van der Waals surface area contributed by atoms with E-state index in [-0.39, 0.29) is 5.91 Å². The summed E-state index contributed by atoms with van der Waals surface area (Å²) in [6.07, 6.45) is 3.40. The number of amides is 1. The largest absolute Gasteiger partial charge is 0.341 e. The number of aromatic nitrogens is 2. The molecule has 1 aromatic heterocycles. The van der Waals surface area contributed by atoms with Crippen LogP contribution in [0.4, 0.5) is 0 Å². The second kappa shape index (κ2) is 7.27. The number of rotatable bonds is 5. The lowest BCUT2D eigenvalue weighted by atomic mass is 9.93. The normalized spacial score (nSPS) is 16.5. The van der Waals surface area contributed by atoms with E-state index in [9.17, 15) is 4.79 Å². The van der Waals surface area contributed by atoms with Crippen LogP contribution in [0.5, 0.6) is 0 Å². The van der Waals surface area contributed by atoms with E-state index < -0.39 is 0 Å². The second-order valence-electron chi connectivity index (χ2n) is 5.86. The van der Waals surface area contributed by atoms with E-state index >= 15 is 0 Å². The summed E-state index contributed by atoms with van der Waals surface area (Å²) in [5.41, 5.74) is 1.65. The summed E-state index contributed by atoms with van der Waals surface area (Å²) < 4.78 is 1.72. The van der Waals surface area contributed by atoms with E-state index in [4.69, 9.17) is 11.6 Å². The summed E-state index contributed by atoms with van der Waals surface area (Å²) in [7, 11) is 1.98. The molecule has 1 N–H and O–H groups in total. The molecular weight excluding hydrogens is 288 g/mol. The second-order valence-corrected chi connectivity index (χ2v) is 6.24. The minimum atomic E-state index is 0.143. The topological polar surface area (TPSA) is 50.2 Å². The smallest absolute Gasteiger partial charge is 0.244 e. The molecule has 0 radical (unpaired) electrons. The van der Waals surface area contributed by atoms with E-state index in [1.807, 2.05) is 25.8 Å². The molecule has 2 rings (SSSR count). The van der Waals surface area contributed by atoms with Crippen molar-refractivity contribution in [3.63, 3.8) is 0 Å². The van der Waals surface area contributed by atoms with E-state index in [0.717, 1.165) is 49.8 Å². The third kappa shape index (κ3) is 3.98. The van der Waals surface area contributed by atoms with E-state index in [2.05, 4.69) is 10.4 Å². The molecule has 1 aliphatic heterocycles. The van der Waals surface area contributed by atoms with Crippen molar-refractivity contribution in [3.8, 4) is 0 Å². The Balaban J connectivity index is 1.86. The number of piperidine rings is 1. The fourth-order valence-electron chi connectivity index (χ4n) is 2.88. The molecule has 118 valence electrons. The molecule has 0 unspecified atom stereocenters. The Bertz CT molecular complexity index is 492. The molecule has 6 heteroatoms.